The van der Waals surface area contributed by atoms with Gasteiger partial charge in [0.25, 0.3) is 0 Å². The maximum Gasteiger partial charge on any atom is 0.246 e. The molecule has 0 spiro atoms. The zero-order chi connectivity index (χ0) is 15.5. The summed E-state index contributed by atoms with van der Waals surface area (Å²) in [5, 5.41) is 0. The summed E-state index contributed by atoms with van der Waals surface area (Å²) in [4.78, 5) is 31.7. The van der Waals surface area contributed by atoms with Crippen molar-refractivity contribution in [2.24, 2.45) is 5.92 Å². The first-order chi connectivity index (χ1) is 10.7. The highest BCUT2D eigenvalue weighted by Gasteiger charge is 2.40. The van der Waals surface area contributed by atoms with Crippen LogP contribution in [0, 0.1) is 5.92 Å². The Bertz CT molecular complexity index is 418. The normalized spacial score (nSPS) is 27.6. The van der Waals surface area contributed by atoms with Crippen LogP contribution in [0.1, 0.15) is 32.6 Å². The van der Waals surface area contributed by atoms with Crippen molar-refractivity contribution in [3.05, 3.63) is 0 Å². The predicted octanol–water partition coefficient (Wildman–Crippen LogP) is 1.24. The zero-order valence-corrected chi connectivity index (χ0v) is 14.3. The van der Waals surface area contributed by atoms with E-state index >= 15 is 0 Å². The third-order valence-electron chi connectivity index (χ3n) is 5.29. The average Bonchev–Trinajstić information content (AvgIpc) is 3.25. The molecule has 5 nitrogen and oxygen atoms in total. The molecule has 22 heavy (non-hydrogen) atoms. The minimum Gasteiger partial charge on any atom is -0.338 e. The topological polar surface area (TPSA) is 43.9 Å². The number of rotatable bonds is 3. The van der Waals surface area contributed by atoms with E-state index in [1.165, 1.54) is 0 Å². The molecule has 0 bridgehead atoms. The second-order valence-corrected chi connectivity index (χ2v) is 7.56. The van der Waals surface area contributed by atoms with Crippen LogP contribution in [0.25, 0.3) is 0 Å². The number of thioether (sulfide) groups is 1. The van der Waals surface area contributed by atoms with Gasteiger partial charge in [-0.1, -0.05) is 19.8 Å². The molecular weight excluding hydrogens is 298 g/mol. The van der Waals surface area contributed by atoms with Gasteiger partial charge >= 0.3 is 0 Å². The Morgan fingerprint density at radius 2 is 1.73 bits per heavy atom. The molecule has 0 N–H and O–H groups in total. The molecule has 6 heteroatoms. The summed E-state index contributed by atoms with van der Waals surface area (Å²) in [6, 6.07) is -0.216. The molecule has 1 aliphatic carbocycles. The molecule has 3 fully saturated rings. The lowest BCUT2D eigenvalue weighted by Crippen LogP contribution is -2.55. The molecule has 0 aromatic carbocycles. The molecular formula is C16H27N3O2S. The zero-order valence-electron chi connectivity index (χ0n) is 13.5. The van der Waals surface area contributed by atoms with Crippen LogP contribution in [0.2, 0.25) is 0 Å². The van der Waals surface area contributed by atoms with Gasteiger partial charge in [-0.2, -0.15) is 0 Å². The minimum absolute atomic E-state index is 0.172. The van der Waals surface area contributed by atoms with Crippen molar-refractivity contribution in [3.63, 3.8) is 0 Å². The molecule has 2 heterocycles. The van der Waals surface area contributed by atoms with Gasteiger partial charge in [0.05, 0.1) is 5.88 Å². The number of nitrogens with zero attached hydrogens (tertiary/aromatic N) is 3. The number of hydrogen-bond donors (Lipinski definition) is 0. The highest BCUT2D eigenvalue weighted by Crippen LogP contribution is 2.31. The van der Waals surface area contributed by atoms with Crippen LogP contribution >= 0.6 is 11.8 Å². The first kappa shape index (κ1) is 16.1. The Labute approximate surface area is 137 Å². The molecule has 1 atom stereocenters. The fourth-order valence-corrected chi connectivity index (χ4v) is 4.92. The summed E-state index contributed by atoms with van der Waals surface area (Å²) in [5.41, 5.74) is 0. The van der Waals surface area contributed by atoms with Crippen LogP contribution in [0.4, 0.5) is 0 Å². The van der Waals surface area contributed by atoms with Crippen LogP contribution in [0.3, 0.4) is 0 Å². The van der Waals surface area contributed by atoms with Gasteiger partial charge in [0, 0.05) is 37.8 Å². The summed E-state index contributed by atoms with van der Waals surface area (Å²) < 4.78 is 0. The van der Waals surface area contributed by atoms with Gasteiger partial charge < -0.3 is 14.7 Å². The van der Waals surface area contributed by atoms with Gasteiger partial charge in [0.2, 0.25) is 11.8 Å². The van der Waals surface area contributed by atoms with E-state index in [2.05, 4.69) is 11.8 Å². The van der Waals surface area contributed by atoms with Crippen molar-refractivity contribution < 1.29 is 9.59 Å². The van der Waals surface area contributed by atoms with Crippen molar-refractivity contribution in [3.8, 4) is 0 Å². The fourth-order valence-electron chi connectivity index (χ4n) is 3.77. The number of carbonyl (C=O) groups is 2. The predicted molar refractivity (Wildman–Crippen MR) is 88.6 cm³/mol. The van der Waals surface area contributed by atoms with Crippen molar-refractivity contribution in [1.82, 2.24) is 14.7 Å². The molecule has 3 rings (SSSR count). The molecule has 0 aromatic rings. The Morgan fingerprint density at radius 3 is 2.36 bits per heavy atom. The molecule has 1 saturated carbocycles. The Hall–Kier alpha value is -0.750. The van der Waals surface area contributed by atoms with Crippen LogP contribution < -0.4 is 0 Å². The third kappa shape index (κ3) is 3.27. The van der Waals surface area contributed by atoms with Crippen molar-refractivity contribution in [2.75, 3.05) is 44.4 Å². The number of amides is 2. The van der Waals surface area contributed by atoms with Crippen molar-refractivity contribution in [2.45, 2.75) is 38.6 Å². The molecule has 2 saturated heterocycles. The van der Waals surface area contributed by atoms with Crippen LogP contribution in [-0.4, -0.2) is 76.9 Å². The summed E-state index contributed by atoms with van der Waals surface area (Å²) in [6.45, 7) is 6.73. The fraction of sp³-hybridized carbons (Fsp3) is 0.875. The van der Waals surface area contributed by atoms with Crippen molar-refractivity contribution >= 4 is 23.6 Å². The number of hydrogen-bond acceptors (Lipinski definition) is 4. The standard InChI is InChI=1S/C16H27N3O2S/c1-2-17-7-9-18(10-8-17)16(21)14-11-22-12-19(14)15(20)13-5-3-4-6-13/h13-14H,2-12H2,1H3/t14-/m0/s1. The largest absolute Gasteiger partial charge is 0.338 e. The van der Waals surface area contributed by atoms with E-state index in [1.807, 2.05) is 9.80 Å². The van der Waals surface area contributed by atoms with E-state index in [4.69, 9.17) is 0 Å². The van der Waals surface area contributed by atoms with Crippen molar-refractivity contribution in [1.29, 1.82) is 0 Å². The Kier molecular flexibility index (Phi) is 5.29. The van der Waals surface area contributed by atoms with Crippen LogP contribution in [0.5, 0.6) is 0 Å². The lowest BCUT2D eigenvalue weighted by molar-refractivity contribution is -0.146. The van der Waals surface area contributed by atoms with Gasteiger partial charge in [0.15, 0.2) is 0 Å². The monoisotopic (exact) mass is 325 g/mol. The summed E-state index contributed by atoms with van der Waals surface area (Å²) in [7, 11) is 0. The molecule has 0 aromatic heterocycles. The number of piperazine rings is 1. The van der Waals surface area contributed by atoms with Gasteiger partial charge in [0.1, 0.15) is 6.04 Å². The molecule has 3 aliphatic rings. The Morgan fingerprint density at radius 1 is 1.05 bits per heavy atom. The molecule has 0 unspecified atom stereocenters. The lowest BCUT2D eigenvalue weighted by Gasteiger charge is -2.37. The van der Waals surface area contributed by atoms with Gasteiger partial charge in [-0.05, 0) is 19.4 Å². The molecule has 2 amide bonds. The first-order valence-electron chi connectivity index (χ1n) is 8.60. The van der Waals surface area contributed by atoms with E-state index in [0.717, 1.165) is 64.2 Å². The first-order valence-corrected chi connectivity index (χ1v) is 9.75. The number of likely N-dealkylation sites (N-methyl/N-ethyl adjacent to an activating group) is 1. The number of carbonyl (C=O) groups excluding carboxylic acids is 2. The minimum atomic E-state index is -0.216. The van der Waals surface area contributed by atoms with E-state index in [9.17, 15) is 9.59 Å². The lowest BCUT2D eigenvalue weighted by atomic mass is 10.1. The van der Waals surface area contributed by atoms with Gasteiger partial charge in [-0.3, -0.25) is 9.59 Å². The summed E-state index contributed by atoms with van der Waals surface area (Å²) >= 11 is 1.72. The maximum absolute atomic E-state index is 12.8. The summed E-state index contributed by atoms with van der Waals surface area (Å²) in [6.07, 6.45) is 4.34. The van der Waals surface area contributed by atoms with Gasteiger partial charge in [-0.15, -0.1) is 11.8 Å². The second kappa shape index (κ2) is 7.21. The van der Waals surface area contributed by atoms with E-state index < -0.39 is 0 Å². The van der Waals surface area contributed by atoms with E-state index in [-0.39, 0.29) is 23.8 Å². The average molecular weight is 325 g/mol. The summed E-state index contributed by atoms with van der Waals surface area (Å²) in [5.74, 6) is 2.04. The highest BCUT2D eigenvalue weighted by molar-refractivity contribution is 7.99. The highest BCUT2D eigenvalue weighted by atomic mass is 32.2. The van der Waals surface area contributed by atoms with Crippen LogP contribution in [0.15, 0.2) is 0 Å². The smallest absolute Gasteiger partial charge is 0.246 e. The van der Waals surface area contributed by atoms with Crippen LogP contribution in [-0.2, 0) is 9.59 Å². The molecule has 2 aliphatic heterocycles. The SMILES string of the molecule is CCN1CCN(C(=O)[C@@H]2CSCN2C(=O)C2CCCC2)CC1. The second-order valence-electron chi connectivity index (χ2n) is 6.56. The van der Waals surface area contributed by atoms with E-state index in [1.54, 1.807) is 11.8 Å². The van der Waals surface area contributed by atoms with Gasteiger partial charge in [-0.25, -0.2) is 0 Å². The molecule has 0 radical (unpaired) electrons. The maximum atomic E-state index is 12.8. The third-order valence-corrected chi connectivity index (χ3v) is 6.30. The quantitative estimate of drug-likeness (QED) is 0.783. The van der Waals surface area contributed by atoms with E-state index in [0.29, 0.717) is 5.88 Å². The molecule has 124 valence electrons. The Balaban J connectivity index is 1.60.